The van der Waals surface area contributed by atoms with Crippen LogP contribution in [-0.4, -0.2) is 48.6 Å². The Balaban J connectivity index is 0. The van der Waals surface area contributed by atoms with Crippen LogP contribution in [0.4, 0.5) is 4.79 Å². The number of amides is 2. The minimum Gasteiger partial charge on any atom is -0.617 e. The normalized spacial score (nSPS) is 8.58. The Morgan fingerprint density at radius 1 is 1.58 bits per heavy atom. The van der Waals surface area contributed by atoms with E-state index < -0.39 is 11.2 Å². The highest BCUT2D eigenvalue weighted by molar-refractivity contribution is 7.89. The first-order valence-electron chi connectivity index (χ1n) is 3.63. The fraction of sp³-hybridized carbons (Fsp3) is 0.857. The summed E-state index contributed by atoms with van der Waals surface area (Å²) >= 11 is -0.611. The Kier molecular flexibility index (Phi) is 10.2. The van der Waals surface area contributed by atoms with Gasteiger partial charge in [-0.2, -0.15) is 0 Å². The van der Waals surface area contributed by atoms with Crippen molar-refractivity contribution in [3.63, 3.8) is 0 Å². The van der Waals surface area contributed by atoms with Crippen LogP contribution in [0.5, 0.6) is 0 Å². The summed E-state index contributed by atoms with van der Waals surface area (Å²) in [6.45, 7) is 2.68. The van der Waals surface area contributed by atoms with Crippen LogP contribution < -0.4 is 5.32 Å². The summed E-state index contributed by atoms with van der Waals surface area (Å²) in [5.74, 6) is 0. The molecule has 0 aliphatic heterocycles. The molecule has 0 aromatic rings. The second-order valence-corrected chi connectivity index (χ2v) is 3.79. The molecule has 0 aliphatic carbocycles. The number of carbonyl (C=O) groups is 1. The van der Waals surface area contributed by atoms with Gasteiger partial charge in [0.15, 0.2) is 0 Å². The summed E-state index contributed by atoms with van der Waals surface area (Å²) in [4.78, 5) is 12.2. The number of nitrogens with zero attached hydrogens (tertiary/aromatic N) is 1. The molecule has 2 amide bonds. The van der Waals surface area contributed by atoms with E-state index in [0.717, 1.165) is 6.54 Å². The van der Waals surface area contributed by atoms with E-state index in [4.69, 9.17) is 0 Å². The highest BCUT2D eigenvalue weighted by Crippen LogP contribution is 1.78. The van der Waals surface area contributed by atoms with Gasteiger partial charge < -0.3 is 14.8 Å². The van der Waals surface area contributed by atoms with Crippen LogP contribution >= 0.6 is 0 Å². The minimum atomic E-state index is -0.611. The lowest BCUT2D eigenvalue weighted by Crippen LogP contribution is -2.34. The third-order valence-electron chi connectivity index (χ3n) is 1.03. The fourth-order valence-electron chi connectivity index (χ4n) is 0.334. The molecule has 0 saturated carbocycles. The number of rotatable bonds is 1. The van der Waals surface area contributed by atoms with Crippen LogP contribution in [0.1, 0.15) is 6.92 Å². The average Bonchev–Trinajstić information content (AvgIpc) is 2.00. The SMILES string of the molecule is CCN(C)C(=O)NC.C[S+](C)[O-]. The number of hydrogen-bond acceptors (Lipinski definition) is 2. The molecule has 0 aromatic carbocycles. The number of carbonyl (C=O) groups excluding carboxylic acids is 1. The Hall–Kier alpha value is -0.420. The zero-order valence-electron chi connectivity index (χ0n) is 8.38. The molecule has 0 aliphatic rings. The maximum absolute atomic E-state index is 10.6. The van der Waals surface area contributed by atoms with Gasteiger partial charge in [-0.05, 0) is 6.92 Å². The Morgan fingerprint density at radius 2 is 1.92 bits per heavy atom. The van der Waals surface area contributed by atoms with Gasteiger partial charge in [-0.25, -0.2) is 4.79 Å². The van der Waals surface area contributed by atoms with Crippen molar-refractivity contribution in [1.82, 2.24) is 10.2 Å². The van der Waals surface area contributed by atoms with Crippen LogP contribution in [-0.2, 0) is 11.2 Å². The zero-order valence-corrected chi connectivity index (χ0v) is 9.20. The zero-order chi connectivity index (χ0) is 10.1. The molecule has 0 bridgehead atoms. The largest absolute Gasteiger partial charge is 0.617 e. The molecule has 0 heterocycles. The first kappa shape index (κ1) is 14.1. The molecule has 0 spiro atoms. The third kappa shape index (κ3) is 12.3. The van der Waals surface area contributed by atoms with Gasteiger partial charge in [-0.1, -0.05) is 11.2 Å². The molecule has 4 nitrogen and oxygen atoms in total. The molecule has 74 valence electrons. The summed E-state index contributed by atoms with van der Waals surface area (Å²) in [6, 6.07) is -0.0347. The van der Waals surface area contributed by atoms with Gasteiger partial charge in [0.25, 0.3) is 0 Å². The van der Waals surface area contributed by atoms with E-state index in [1.54, 1.807) is 31.5 Å². The quantitative estimate of drug-likeness (QED) is 0.609. The lowest BCUT2D eigenvalue weighted by molar-refractivity contribution is 0.213. The molecule has 0 radical (unpaired) electrons. The predicted molar refractivity (Wildman–Crippen MR) is 52.8 cm³/mol. The van der Waals surface area contributed by atoms with Crippen molar-refractivity contribution in [2.24, 2.45) is 0 Å². The molecule has 0 aromatic heterocycles. The van der Waals surface area contributed by atoms with Gasteiger partial charge in [0.05, 0.1) is 12.5 Å². The third-order valence-corrected chi connectivity index (χ3v) is 1.03. The molecule has 12 heavy (non-hydrogen) atoms. The van der Waals surface area contributed by atoms with Crippen LogP contribution in [0.15, 0.2) is 0 Å². The molecular weight excluding hydrogens is 176 g/mol. The Labute approximate surface area is 77.5 Å². The molecule has 5 heteroatoms. The van der Waals surface area contributed by atoms with Crippen molar-refractivity contribution >= 4 is 17.2 Å². The van der Waals surface area contributed by atoms with E-state index in [1.165, 1.54) is 0 Å². The first-order chi connectivity index (χ1) is 5.45. The topological polar surface area (TPSA) is 55.4 Å². The summed E-state index contributed by atoms with van der Waals surface area (Å²) < 4.78 is 9.56. The first-order valence-corrected chi connectivity index (χ1v) is 5.60. The number of nitrogens with one attached hydrogen (secondary N) is 1. The van der Waals surface area contributed by atoms with E-state index in [2.05, 4.69) is 5.32 Å². The molecule has 0 atom stereocenters. The second kappa shape index (κ2) is 8.67. The highest BCUT2D eigenvalue weighted by atomic mass is 32.2. The summed E-state index contributed by atoms with van der Waals surface area (Å²) in [5.41, 5.74) is 0. The summed E-state index contributed by atoms with van der Waals surface area (Å²) in [6.07, 6.45) is 3.28. The van der Waals surface area contributed by atoms with Gasteiger partial charge in [-0.15, -0.1) is 0 Å². The molecule has 0 rings (SSSR count). The van der Waals surface area contributed by atoms with Crippen molar-refractivity contribution in [2.45, 2.75) is 6.92 Å². The van der Waals surface area contributed by atoms with Crippen molar-refractivity contribution in [3.8, 4) is 0 Å². The Bertz CT molecular complexity index is 117. The van der Waals surface area contributed by atoms with Crippen molar-refractivity contribution in [3.05, 3.63) is 0 Å². The van der Waals surface area contributed by atoms with Crippen molar-refractivity contribution in [2.75, 3.05) is 33.2 Å². The summed E-state index contributed by atoms with van der Waals surface area (Å²) in [5, 5.41) is 2.50. The lowest BCUT2D eigenvalue weighted by Gasteiger charge is -2.12. The Morgan fingerprint density at radius 3 is 2.00 bits per heavy atom. The minimum absolute atomic E-state index is 0.0347. The van der Waals surface area contributed by atoms with Crippen LogP contribution in [0.25, 0.3) is 0 Å². The van der Waals surface area contributed by atoms with Crippen LogP contribution in [0, 0.1) is 0 Å². The van der Waals surface area contributed by atoms with Crippen LogP contribution in [0.3, 0.4) is 0 Å². The maximum Gasteiger partial charge on any atom is 0.316 e. The standard InChI is InChI=1S/C5H12N2O.C2H6OS/c1-4-7(3)5(8)6-2;1-4(2)3/h4H2,1-3H3,(H,6,8);1-2H3. The molecule has 1 N–H and O–H groups in total. The van der Waals surface area contributed by atoms with Crippen molar-refractivity contribution < 1.29 is 9.35 Å². The predicted octanol–water partition coefficient (Wildman–Crippen LogP) is 0.272. The van der Waals surface area contributed by atoms with E-state index in [0.29, 0.717) is 0 Å². The van der Waals surface area contributed by atoms with Gasteiger partial charge in [0.1, 0.15) is 0 Å². The smallest absolute Gasteiger partial charge is 0.316 e. The van der Waals surface area contributed by atoms with E-state index in [9.17, 15) is 9.35 Å². The van der Waals surface area contributed by atoms with Crippen molar-refractivity contribution in [1.29, 1.82) is 0 Å². The van der Waals surface area contributed by atoms with Gasteiger partial charge in [0.2, 0.25) is 0 Å². The average molecular weight is 194 g/mol. The number of urea groups is 1. The number of hydrogen-bond donors (Lipinski definition) is 1. The summed E-state index contributed by atoms with van der Waals surface area (Å²) in [7, 11) is 3.37. The van der Waals surface area contributed by atoms with Gasteiger partial charge >= 0.3 is 6.03 Å². The van der Waals surface area contributed by atoms with E-state index >= 15 is 0 Å². The molecule has 0 saturated heterocycles. The molecular formula is C7H18N2O2S. The fourth-order valence-corrected chi connectivity index (χ4v) is 0.334. The molecule has 0 unspecified atom stereocenters. The maximum atomic E-state index is 10.6. The monoisotopic (exact) mass is 194 g/mol. The molecule has 0 fully saturated rings. The van der Waals surface area contributed by atoms with E-state index in [-0.39, 0.29) is 6.03 Å². The lowest BCUT2D eigenvalue weighted by atomic mass is 10.6. The second-order valence-electron chi connectivity index (χ2n) is 2.31. The van der Waals surface area contributed by atoms with Crippen LogP contribution in [0.2, 0.25) is 0 Å². The highest BCUT2D eigenvalue weighted by Gasteiger charge is 1.99. The van der Waals surface area contributed by atoms with Gasteiger partial charge in [-0.3, -0.25) is 0 Å². The van der Waals surface area contributed by atoms with Gasteiger partial charge in [0, 0.05) is 20.6 Å². The van der Waals surface area contributed by atoms with E-state index in [1.807, 2.05) is 6.92 Å².